The molecule has 60 valence electrons. The van der Waals surface area contributed by atoms with Gasteiger partial charge in [-0.05, 0) is 0 Å². The number of aldehydes is 1. The van der Waals surface area contributed by atoms with Crippen molar-refractivity contribution in [2.75, 3.05) is 12.8 Å². The van der Waals surface area contributed by atoms with Gasteiger partial charge < -0.3 is 9.69 Å². The first-order chi connectivity index (χ1) is 5.33. The first kappa shape index (κ1) is 8.40. The summed E-state index contributed by atoms with van der Waals surface area (Å²) in [5.74, 6) is 0.572. The van der Waals surface area contributed by atoms with E-state index >= 15 is 0 Å². The van der Waals surface area contributed by atoms with Crippen LogP contribution < -0.4 is 0 Å². The van der Waals surface area contributed by atoms with Gasteiger partial charge in [0, 0.05) is 24.7 Å². The fourth-order valence-corrected chi connectivity index (χ4v) is 1.48. The summed E-state index contributed by atoms with van der Waals surface area (Å²) in [7, 11) is 1.98. The molecular formula is C8H11NOS. The molecule has 0 aromatic heterocycles. The van der Waals surface area contributed by atoms with Crippen LogP contribution in [0.15, 0.2) is 24.6 Å². The molecule has 3 heteroatoms. The predicted molar refractivity (Wildman–Crippen MR) is 48.4 cm³/mol. The molecule has 2 nitrogen and oxygen atoms in total. The van der Waals surface area contributed by atoms with Crippen LogP contribution in [0.25, 0.3) is 0 Å². The van der Waals surface area contributed by atoms with Crippen molar-refractivity contribution >= 4 is 18.0 Å². The van der Waals surface area contributed by atoms with E-state index in [1.54, 1.807) is 11.8 Å². The number of carbonyl (C=O) groups excluding carboxylic acids is 1. The van der Waals surface area contributed by atoms with Gasteiger partial charge in [0.15, 0.2) is 0 Å². The number of thioether (sulfide) groups is 1. The van der Waals surface area contributed by atoms with E-state index in [2.05, 4.69) is 12.2 Å². The van der Waals surface area contributed by atoms with Crippen molar-refractivity contribution in [2.45, 2.75) is 5.25 Å². The van der Waals surface area contributed by atoms with E-state index in [1.165, 1.54) is 0 Å². The van der Waals surface area contributed by atoms with Crippen molar-refractivity contribution in [1.29, 1.82) is 0 Å². The van der Waals surface area contributed by atoms with Gasteiger partial charge >= 0.3 is 0 Å². The van der Waals surface area contributed by atoms with Gasteiger partial charge in [0.1, 0.15) is 6.29 Å². The topological polar surface area (TPSA) is 20.3 Å². The Balaban J connectivity index is 2.32. The molecule has 0 bridgehead atoms. The third-order valence-electron chi connectivity index (χ3n) is 1.38. The highest BCUT2D eigenvalue weighted by atomic mass is 32.2. The molecule has 0 aromatic carbocycles. The summed E-state index contributed by atoms with van der Waals surface area (Å²) < 4.78 is 0. The zero-order valence-corrected chi connectivity index (χ0v) is 7.25. The van der Waals surface area contributed by atoms with Gasteiger partial charge in [-0.3, -0.25) is 0 Å². The zero-order valence-electron chi connectivity index (χ0n) is 6.43. The average molecular weight is 169 g/mol. The lowest BCUT2D eigenvalue weighted by atomic mass is 10.3. The maximum atomic E-state index is 10.0. The van der Waals surface area contributed by atoms with Crippen molar-refractivity contribution in [2.24, 2.45) is 0 Å². The Morgan fingerprint density at radius 1 is 1.55 bits per heavy atom. The van der Waals surface area contributed by atoms with Crippen LogP contribution in [0.3, 0.4) is 0 Å². The van der Waals surface area contributed by atoms with Crippen LogP contribution >= 0.6 is 11.8 Å². The quantitative estimate of drug-likeness (QED) is 0.593. The van der Waals surface area contributed by atoms with Crippen LogP contribution in [0.5, 0.6) is 0 Å². The predicted octanol–water partition coefficient (Wildman–Crippen LogP) is 1.26. The summed E-state index contributed by atoms with van der Waals surface area (Å²) >= 11 is 1.63. The Morgan fingerprint density at radius 2 is 2.18 bits per heavy atom. The van der Waals surface area contributed by atoms with E-state index < -0.39 is 0 Å². The van der Waals surface area contributed by atoms with Gasteiger partial charge in [0.25, 0.3) is 0 Å². The summed E-state index contributed by atoms with van der Waals surface area (Å²) in [6.07, 6.45) is 9.10. The van der Waals surface area contributed by atoms with Crippen molar-refractivity contribution in [1.82, 2.24) is 4.90 Å². The van der Waals surface area contributed by atoms with E-state index in [1.807, 2.05) is 24.3 Å². The highest BCUT2D eigenvalue weighted by Crippen LogP contribution is 2.16. The molecule has 0 radical (unpaired) electrons. The standard InChI is InChI=1S/C8H11NOS/c1-9-4-2-8(3-5-9)11-7-6-10/h2-6,8H,7H2,1H3. The molecule has 0 saturated carbocycles. The van der Waals surface area contributed by atoms with Crippen LogP contribution in [-0.2, 0) is 4.79 Å². The third-order valence-corrected chi connectivity index (χ3v) is 2.41. The molecule has 1 heterocycles. The molecule has 0 fully saturated rings. The second-order valence-electron chi connectivity index (χ2n) is 2.31. The Morgan fingerprint density at radius 3 is 2.73 bits per heavy atom. The first-order valence-corrected chi connectivity index (χ1v) is 4.51. The number of hydrogen-bond acceptors (Lipinski definition) is 3. The Labute approximate surface area is 71.0 Å². The molecule has 0 atom stereocenters. The minimum Gasteiger partial charge on any atom is -0.358 e. The van der Waals surface area contributed by atoms with Gasteiger partial charge in [0.05, 0.1) is 5.75 Å². The van der Waals surface area contributed by atoms with Crippen LogP contribution in [0.4, 0.5) is 0 Å². The summed E-state index contributed by atoms with van der Waals surface area (Å²) in [5.41, 5.74) is 0. The van der Waals surface area contributed by atoms with E-state index in [9.17, 15) is 4.79 Å². The minimum absolute atomic E-state index is 0.372. The molecule has 0 aromatic rings. The molecule has 0 saturated heterocycles. The van der Waals surface area contributed by atoms with Gasteiger partial charge in [-0.25, -0.2) is 0 Å². The summed E-state index contributed by atoms with van der Waals surface area (Å²) in [5, 5.41) is 0.372. The molecule has 0 spiro atoms. The fraction of sp³-hybridized carbons (Fsp3) is 0.375. The maximum Gasteiger partial charge on any atom is 0.129 e. The molecule has 1 aliphatic heterocycles. The summed E-state index contributed by atoms with van der Waals surface area (Å²) in [6, 6.07) is 0. The van der Waals surface area contributed by atoms with Crippen LogP contribution in [-0.4, -0.2) is 29.2 Å². The summed E-state index contributed by atoms with van der Waals surface area (Å²) in [6.45, 7) is 0. The highest BCUT2D eigenvalue weighted by molar-refractivity contribution is 8.00. The SMILES string of the molecule is CN1C=CC(SCC=O)C=C1. The van der Waals surface area contributed by atoms with Crippen LogP contribution in [0.2, 0.25) is 0 Å². The van der Waals surface area contributed by atoms with Gasteiger partial charge in [-0.15, -0.1) is 11.8 Å². The van der Waals surface area contributed by atoms with E-state index in [0.717, 1.165) is 6.29 Å². The number of carbonyl (C=O) groups is 1. The lowest BCUT2D eigenvalue weighted by Gasteiger charge is -2.15. The molecular weight excluding hydrogens is 158 g/mol. The molecule has 0 aliphatic carbocycles. The molecule has 0 N–H and O–H groups in total. The highest BCUT2D eigenvalue weighted by Gasteiger charge is 2.03. The van der Waals surface area contributed by atoms with E-state index in [4.69, 9.17) is 0 Å². The second-order valence-corrected chi connectivity index (χ2v) is 3.52. The Kier molecular flexibility index (Phi) is 3.23. The van der Waals surface area contributed by atoms with E-state index in [-0.39, 0.29) is 0 Å². The lowest BCUT2D eigenvalue weighted by Crippen LogP contribution is -2.09. The Bertz CT molecular complexity index is 175. The smallest absolute Gasteiger partial charge is 0.129 e. The molecule has 11 heavy (non-hydrogen) atoms. The monoisotopic (exact) mass is 169 g/mol. The second kappa shape index (κ2) is 4.23. The van der Waals surface area contributed by atoms with Crippen molar-refractivity contribution in [3.8, 4) is 0 Å². The Hall–Kier alpha value is -0.700. The molecule has 1 aliphatic rings. The van der Waals surface area contributed by atoms with E-state index in [0.29, 0.717) is 11.0 Å². The van der Waals surface area contributed by atoms with Crippen molar-refractivity contribution in [3.05, 3.63) is 24.6 Å². The fourth-order valence-electron chi connectivity index (χ4n) is 0.817. The third kappa shape index (κ3) is 2.80. The molecule has 0 amide bonds. The number of nitrogens with zero attached hydrogens (tertiary/aromatic N) is 1. The number of rotatable bonds is 3. The van der Waals surface area contributed by atoms with Gasteiger partial charge in [0.2, 0.25) is 0 Å². The van der Waals surface area contributed by atoms with Gasteiger partial charge in [-0.2, -0.15) is 0 Å². The van der Waals surface area contributed by atoms with Crippen molar-refractivity contribution in [3.63, 3.8) is 0 Å². The minimum atomic E-state index is 0.372. The molecule has 1 rings (SSSR count). The maximum absolute atomic E-state index is 10.0. The number of hydrogen-bond donors (Lipinski definition) is 0. The molecule has 0 unspecified atom stereocenters. The average Bonchev–Trinajstić information content (AvgIpc) is 2.04. The van der Waals surface area contributed by atoms with Gasteiger partial charge in [-0.1, -0.05) is 12.2 Å². The lowest BCUT2D eigenvalue weighted by molar-refractivity contribution is -0.105. The summed E-state index contributed by atoms with van der Waals surface area (Å²) in [4.78, 5) is 12.0. The van der Waals surface area contributed by atoms with Crippen LogP contribution in [0, 0.1) is 0 Å². The zero-order chi connectivity index (χ0) is 8.10. The normalized spacial score (nSPS) is 17.4. The first-order valence-electron chi connectivity index (χ1n) is 3.47. The van der Waals surface area contributed by atoms with Crippen molar-refractivity contribution < 1.29 is 4.79 Å². The van der Waals surface area contributed by atoms with Crippen LogP contribution in [0.1, 0.15) is 0 Å². The largest absolute Gasteiger partial charge is 0.358 e.